The molecule has 0 spiro atoms. The number of benzene rings is 1. The topological polar surface area (TPSA) is 91.7 Å². The Labute approximate surface area is 141 Å². The highest BCUT2D eigenvalue weighted by Gasteiger charge is 2.20. The van der Waals surface area contributed by atoms with Crippen molar-refractivity contribution < 1.29 is 19.7 Å². The van der Waals surface area contributed by atoms with Gasteiger partial charge in [0.2, 0.25) is 0 Å². The number of aromatic nitrogens is 1. The van der Waals surface area contributed by atoms with Gasteiger partial charge in [-0.3, -0.25) is 4.98 Å². The van der Waals surface area contributed by atoms with Crippen molar-refractivity contribution >= 4 is 16.9 Å². The van der Waals surface area contributed by atoms with Crippen LogP contribution in [-0.2, 0) is 4.74 Å². The number of fused-ring (bicyclic) bond motifs is 1. The number of carbonyl (C=O) groups excluding carboxylic acids is 1. The van der Waals surface area contributed by atoms with Crippen LogP contribution in [0.25, 0.3) is 10.8 Å². The SMILES string of the molecule is CC(C)(C)OC(=O)NCCC(O)C(O)c1ccc2cnccc2c1. The van der Waals surface area contributed by atoms with E-state index < -0.39 is 23.9 Å². The molecule has 0 saturated heterocycles. The quantitative estimate of drug-likeness (QED) is 0.782. The number of hydrogen-bond donors (Lipinski definition) is 3. The number of carbonyl (C=O) groups is 1. The molecule has 2 unspecified atom stereocenters. The lowest BCUT2D eigenvalue weighted by Crippen LogP contribution is -2.34. The van der Waals surface area contributed by atoms with Crippen molar-refractivity contribution in [1.82, 2.24) is 10.3 Å². The van der Waals surface area contributed by atoms with E-state index in [0.717, 1.165) is 10.8 Å². The van der Waals surface area contributed by atoms with Gasteiger partial charge in [0, 0.05) is 24.3 Å². The zero-order valence-electron chi connectivity index (χ0n) is 14.2. The van der Waals surface area contributed by atoms with Crippen LogP contribution in [0.15, 0.2) is 36.7 Å². The molecule has 1 aromatic carbocycles. The van der Waals surface area contributed by atoms with E-state index >= 15 is 0 Å². The number of nitrogens with one attached hydrogen (secondary N) is 1. The van der Waals surface area contributed by atoms with E-state index in [1.54, 1.807) is 39.2 Å². The Morgan fingerprint density at radius 3 is 2.71 bits per heavy atom. The summed E-state index contributed by atoms with van der Waals surface area (Å²) in [4.78, 5) is 15.6. The lowest BCUT2D eigenvalue weighted by molar-refractivity contribution is 0.0124. The van der Waals surface area contributed by atoms with Crippen LogP contribution in [0.5, 0.6) is 0 Å². The highest BCUT2D eigenvalue weighted by atomic mass is 16.6. The molecule has 1 aromatic heterocycles. The molecule has 2 atom stereocenters. The van der Waals surface area contributed by atoms with Gasteiger partial charge in [-0.15, -0.1) is 0 Å². The van der Waals surface area contributed by atoms with Crippen LogP contribution in [0.2, 0.25) is 0 Å². The number of amides is 1. The summed E-state index contributed by atoms with van der Waals surface area (Å²) in [6.07, 6.45) is 1.09. The Hall–Kier alpha value is -2.18. The first kappa shape index (κ1) is 18.2. The van der Waals surface area contributed by atoms with E-state index in [9.17, 15) is 15.0 Å². The third-order valence-corrected chi connectivity index (χ3v) is 3.48. The number of aliphatic hydroxyl groups is 2. The number of hydrogen-bond acceptors (Lipinski definition) is 5. The molecule has 0 bridgehead atoms. The third-order valence-electron chi connectivity index (χ3n) is 3.48. The maximum absolute atomic E-state index is 11.5. The molecular formula is C18H24N2O4. The largest absolute Gasteiger partial charge is 0.444 e. The van der Waals surface area contributed by atoms with E-state index in [-0.39, 0.29) is 13.0 Å². The maximum Gasteiger partial charge on any atom is 0.407 e. The molecule has 0 fully saturated rings. The Bertz CT molecular complexity index is 697. The fourth-order valence-corrected chi connectivity index (χ4v) is 2.30. The normalized spacial score (nSPS) is 14.2. The summed E-state index contributed by atoms with van der Waals surface area (Å²) in [5, 5.41) is 24.9. The molecule has 6 nitrogen and oxygen atoms in total. The molecule has 3 N–H and O–H groups in total. The summed E-state index contributed by atoms with van der Waals surface area (Å²) in [5.74, 6) is 0. The number of pyridine rings is 1. The molecule has 2 rings (SSSR count). The third kappa shape index (κ3) is 5.18. The second-order valence-corrected chi connectivity index (χ2v) is 6.71. The molecule has 1 heterocycles. The average Bonchev–Trinajstić information content (AvgIpc) is 2.51. The van der Waals surface area contributed by atoms with Crippen molar-refractivity contribution in [2.24, 2.45) is 0 Å². The van der Waals surface area contributed by atoms with Gasteiger partial charge < -0.3 is 20.3 Å². The number of aliphatic hydroxyl groups excluding tert-OH is 2. The smallest absolute Gasteiger partial charge is 0.407 e. The van der Waals surface area contributed by atoms with Crippen LogP contribution < -0.4 is 5.32 Å². The minimum atomic E-state index is -1.02. The van der Waals surface area contributed by atoms with Crippen LogP contribution in [0.4, 0.5) is 4.79 Å². The number of ether oxygens (including phenoxy) is 1. The Morgan fingerprint density at radius 1 is 1.25 bits per heavy atom. The van der Waals surface area contributed by atoms with Crippen molar-refractivity contribution in [3.8, 4) is 0 Å². The minimum absolute atomic E-state index is 0.213. The van der Waals surface area contributed by atoms with E-state index in [1.165, 1.54) is 0 Å². The first-order chi connectivity index (χ1) is 11.3. The molecule has 6 heteroatoms. The van der Waals surface area contributed by atoms with E-state index in [4.69, 9.17) is 4.74 Å². The van der Waals surface area contributed by atoms with E-state index in [2.05, 4.69) is 10.3 Å². The summed E-state index contributed by atoms with van der Waals surface area (Å²) in [5.41, 5.74) is 0.0563. The molecule has 24 heavy (non-hydrogen) atoms. The van der Waals surface area contributed by atoms with Crippen molar-refractivity contribution in [3.05, 3.63) is 42.2 Å². The second-order valence-electron chi connectivity index (χ2n) is 6.71. The lowest BCUT2D eigenvalue weighted by atomic mass is 9.99. The average molecular weight is 332 g/mol. The van der Waals surface area contributed by atoms with Gasteiger partial charge in [-0.05, 0) is 50.3 Å². The van der Waals surface area contributed by atoms with Crippen LogP contribution >= 0.6 is 0 Å². The Balaban J connectivity index is 1.89. The zero-order chi connectivity index (χ0) is 17.7. The predicted octanol–water partition coefficient (Wildman–Crippen LogP) is 2.54. The summed E-state index contributed by atoms with van der Waals surface area (Å²) in [6.45, 7) is 5.55. The Morgan fingerprint density at radius 2 is 2.00 bits per heavy atom. The summed E-state index contributed by atoms with van der Waals surface area (Å²) < 4.78 is 5.11. The standard InChI is InChI=1S/C18H24N2O4/c1-18(2,3)24-17(23)20-9-7-15(21)16(22)13-4-5-14-11-19-8-6-12(14)10-13/h4-6,8,10-11,15-16,21-22H,7,9H2,1-3H3,(H,20,23). The molecule has 130 valence electrons. The molecule has 0 aliphatic carbocycles. The van der Waals surface area contributed by atoms with Gasteiger partial charge in [0.1, 0.15) is 11.7 Å². The number of alkyl carbamates (subject to hydrolysis) is 1. The van der Waals surface area contributed by atoms with Crippen LogP contribution in [0.3, 0.4) is 0 Å². The predicted molar refractivity (Wildman–Crippen MR) is 91.6 cm³/mol. The van der Waals surface area contributed by atoms with Crippen LogP contribution in [0.1, 0.15) is 38.9 Å². The first-order valence-electron chi connectivity index (χ1n) is 7.93. The fraction of sp³-hybridized carbons (Fsp3) is 0.444. The number of nitrogens with zero attached hydrogens (tertiary/aromatic N) is 1. The van der Waals surface area contributed by atoms with Crippen molar-refractivity contribution in [3.63, 3.8) is 0 Å². The molecule has 0 saturated carbocycles. The molecule has 0 aliphatic rings. The van der Waals surface area contributed by atoms with Gasteiger partial charge in [-0.25, -0.2) is 4.79 Å². The van der Waals surface area contributed by atoms with Gasteiger partial charge in [-0.2, -0.15) is 0 Å². The van der Waals surface area contributed by atoms with Crippen LogP contribution in [-0.4, -0.2) is 39.5 Å². The van der Waals surface area contributed by atoms with E-state index in [1.807, 2.05) is 18.2 Å². The summed E-state index contributed by atoms with van der Waals surface area (Å²) in [6, 6.07) is 7.29. The van der Waals surface area contributed by atoms with Gasteiger partial charge in [0.05, 0.1) is 6.10 Å². The van der Waals surface area contributed by atoms with Gasteiger partial charge >= 0.3 is 6.09 Å². The molecule has 0 radical (unpaired) electrons. The molecule has 1 amide bonds. The minimum Gasteiger partial charge on any atom is -0.444 e. The van der Waals surface area contributed by atoms with Gasteiger partial charge in [0.15, 0.2) is 0 Å². The summed E-state index contributed by atoms with van der Waals surface area (Å²) in [7, 11) is 0. The monoisotopic (exact) mass is 332 g/mol. The van der Waals surface area contributed by atoms with Gasteiger partial charge in [-0.1, -0.05) is 12.1 Å². The van der Waals surface area contributed by atoms with Gasteiger partial charge in [0.25, 0.3) is 0 Å². The zero-order valence-corrected chi connectivity index (χ0v) is 14.2. The number of rotatable bonds is 5. The van der Waals surface area contributed by atoms with Crippen LogP contribution in [0, 0.1) is 0 Å². The van der Waals surface area contributed by atoms with Crippen molar-refractivity contribution in [2.75, 3.05) is 6.54 Å². The van der Waals surface area contributed by atoms with E-state index in [0.29, 0.717) is 5.56 Å². The first-order valence-corrected chi connectivity index (χ1v) is 7.93. The lowest BCUT2D eigenvalue weighted by Gasteiger charge is -2.21. The molecular weight excluding hydrogens is 308 g/mol. The molecule has 0 aliphatic heterocycles. The van der Waals surface area contributed by atoms with Crippen molar-refractivity contribution in [2.45, 2.75) is 45.0 Å². The molecule has 2 aromatic rings. The summed E-state index contributed by atoms with van der Waals surface area (Å²) >= 11 is 0. The Kier molecular flexibility index (Phi) is 5.75. The second kappa shape index (κ2) is 7.59. The maximum atomic E-state index is 11.5. The fourth-order valence-electron chi connectivity index (χ4n) is 2.30. The highest BCUT2D eigenvalue weighted by molar-refractivity contribution is 5.82. The highest BCUT2D eigenvalue weighted by Crippen LogP contribution is 2.23. The van der Waals surface area contributed by atoms with Crippen molar-refractivity contribution in [1.29, 1.82) is 0 Å².